The standard InChI is InChI=1S/C33H24O10/c1-39-18-7-4-16(5-8-18)26-14-24(37)32-25(38)15-28(41-3)30(33(32)43-26)20-10-17(6-9-21(20)34)27-13-23(36)31-22(35)11-19(40-2)12-29(31)42-27/h4-15,34,36,38H,1-3H3. The third-order valence-electron chi connectivity index (χ3n) is 7.11. The van der Waals surface area contributed by atoms with Crippen LogP contribution in [0.3, 0.4) is 0 Å². The van der Waals surface area contributed by atoms with Crippen molar-refractivity contribution < 1.29 is 38.4 Å². The summed E-state index contributed by atoms with van der Waals surface area (Å²) >= 11 is 0. The molecule has 3 N–H and O–H groups in total. The molecule has 6 rings (SSSR count). The normalized spacial score (nSPS) is 11.1. The Hall–Kier alpha value is -5.90. The monoisotopic (exact) mass is 580 g/mol. The lowest BCUT2D eigenvalue weighted by Gasteiger charge is -2.16. The number of fused-ring (bicyclic) bond motifs is 2. The molecule has 2 heterocycles. The number of rotatable bonds is 6. The molecule has 43 heavy (non-hydrogen) atoms. The van der Waals surface area contributed by atoms with Crippen LogP contribution in [0.5, 0.6) is 34.5 Å². The Morgan fingerprint density at radius 3 is 1.95 bits per heavy atom. The van der Waals surface area contributed by atoms with E-state index in [9.17, 15) is 24.9 Å². The van der Waals surface area contributed by atoms with Crippen molar-refractivity contribution in [1.29, 1.82) is 0 Å². The van der Waals surface area contributed by atoms with Gasteiger partial charge in [0.1, 0.15) is 62.7 Å². The first-order valence-electron chi connectivity index (χ1n) is 12.9. The van der Waals surface area contributed by atoms with E-state index in [1.165, 1.54) is 57.7 Å². The van der Waals surface area contributed by atoms with Crippen LogP contribution in [-0.2, 0) is 0 Å². The Morgan fingerprint density at radius 2 is 1.26 bits per heavy atom. The lowest BCUT2D eigenvalue weighted by atomic mass is 9.96. The molecular formula is C33H24O10. The van der Waals surface area contributed by atoms with Crippen LogP contribution in [0.15, 0.2) is 91.2 Å². The van der Waals surface area contributed by atoms with Crippen molar-refractivity contribution in [3.8, 4) is 79.6 Å². The number of hydrogen-bond donors (Lipinski definition) is 3. The molecule has 0 unspecified atom stereocenters. The average molecular weight is 581 g/mol. The predicted molar refractivity (Wildman–Crippen MR) is 159 cm³/mol. The number of phenols is 2. The summed E-state index contributed by atoms with van der Waals surface area (Å²) in [5, 5.41) is 32.4. The Morgan fingerprint density at radius 1 is 0.558 bits per heavy atom. The lowest BCUT2D eigenvalue weighted by molar-refractivity contribution is 0.409. The summed E-state index contributed by atoms with van der Waals surface area (Å²) in [6.07, 6.45) is 0. The van der Waals surface area contributed by atoms with Crippen molar-refractivity contribution >= 4 is 11.0 Å². The van der Waals surface area contributed by atoms with Gasteiger partial charge in [-0.25, -0.2) is 0 Å². The van der Waals surface area contributed by atoms with E-state index in [-0.39, 0.29) is 73.7 Å². The zero-order valence-electron chi connectivity index (χ0n) is 23.1. The van der Waals surface area contributed by atoms with Gasteiger partial charge < -0.3 is 38.4 Å². The van der Waals surface area contributed by atoms with Crippen LogP contribution in [0.25, 0.3) is 56.1 Å². The number of benzene rings is 4. The quantitative estimate of drug-likeness (QED) is 0.214. The van der Waals surface area contributed by atoms with Crippen molar-refractivity contribution in [2.45, 2.75) is 0 Å². The van der Waals surface area contributed by atoms with Gasteiger partial charge in [-0.15, -0.1) is 0 Å². The van der Waals surface area contributed by atoms with E-state index in [1.54, 1.807) is 36.4 Å². The third-order valence-corrected chi connectivity index (χ3v) is 7.11. The summed E-state index contributed by atoms with van der Waals surface area (Å²) in [6.45, 7) is 0. The molecule has 10 nitrogen and oxygen atoms in total. The molecular weight excluding hydrogens is 556 g/mol. The van der Waals surface area contributed by atoms with Crippen molar-refractivity contribution in [1.82, 2.24) is 0 Å². The maximum atomic E-state index is 13.3. The van der Waals surface area contributed by atoms with E-state index in [4.69, 9.17) is 23.0 Å². The summed E-state index contributed by atoms with van der Waals surface area (Å²) in [7, 11) is 4.32. The first kappa shape index (κ1) is 27.3. The minimum absolute atomic E-state index is 0.0115. The molecule has 0 saturated carbocycles. The molecule has 0 radical (unpaired) electrons. The second kappa shape index (κ2) is 10.5. The summed E-state index contributed by atoms with van der Waals surface area (Å²) in [6, 6.07) is 17.9. The number of ether oxygens (including phenoxy) is 3. The maximum absolute atomic E-state index is 13.3. The molecule has 0 amide bonds. The highest BCUT2D eigenvalue weighted by molar-refractivity contribution is 6.01. The fourth-order valence-corrected chi connectivity index (χ4v) is 5.00. The van der Waals surface area contributed by atoms with Crippen LogP contribution in [0.1, 0.15) is 0 Å². The smallest absolute Gasteiger partial charge is 0.197 e. The van der Waals surface area contributed by atoms with Gasteiger partial charge in [0.2, 0.25) is 0 Å². The summed E-state index contributed by atoms with van der Waals surface area (Å²) in [5.41, 5.74) is 0.318. The molecule has 0 saturated heterocycles. The van der Waals surface area contributed by atoms with E-state index in [0.29, 0.717) is 16.9 Å². The molecule has 10 heteroatoms. The summed E-state index contributed by atoms with van der Waals surface area (Å²) in [4.78, 5) is 25.8. The molecule has 4 aromatic rings. The second-order valence-corrected chi connectivity index (χ2v) is 9.61. The number of phenolic OH excluding ortho intramolecular Hbond substituents is 2. The highest BCUT2D eigenvalue weighted by Crippen LogP contribution is 2.46. The minimum Gasteiger partial charge on any atom is -0.507 e. The first-order valence-corrected chi connectivity index (χ1v) is 12.9. The predicted octanol–water partition coefficient (Wildman–Crippen LogP) is 5.99. The largest absolute Gasteiger partial charge is 0.507 e. The number of methoxy groups -OCH3 is 3. The minimum atomic E-state index is -0.513. The SMILES string of the molecule is COc1ccc(-c2cc(=O)c3c(O)cc(OC)c(-c4cc(-c5cc(O)c6c(=O)cc(OC)cc-6o5)ccc4O)c3o2)cc1. The molecule has 0 bridgehead atoms. The van der Waals surface area contributed by atoms with Crippen molar-refractivity contribution in [3.63, 3.8) is 0 Å². The van der Waals surface area contributed by atoms with E-state index in [2.05, 4.69) is 0 Å². The fraction of sp³-hybridized carbons (Fsp3) is 0.0909. The first-order chi connectivity index (χ1) is 20.7. The molecule has 216 valence electrons. The Kier molecular flexibility index (Phi) is 6.66. The molecule has 0 spiro atoms. The summed E-state index contributed by atoms with van der Waals surface area (Å²) < 4.78 is 28.2. The van der Waals surface area contributed by atoms with Crippen LogP contribution in [0, 0.1) is 0 Å². The van der Waals surface area contributed by atoms with E-state index in [1.807, 2.05) is 0 Å². The molecule has 1 aromatic heterocycles. The average Bonchev–Trinajstić information content (AvgIpc) is 3.00. The molecule has 1 aliphatic carbocycles. The van der Waals surface area contributed by atoms with Gasteiger partial charge in [-0.1, -0.05) is 0 Å². The number of hydrogen-bond acceptors (Lipinski definition) is 10. The van der Waals surface area contributed by atoms with E-state index >= 15 is 0 Å². The van der Waals surface area contributed by atoms with Gasteiger partial charge in [-0.2, -0.15) is 0 Å². The molecule has 0 fully saturated rings. The van der Waals surface area contributed by atoms with Gasteiger partial charge in [0.15, 0.2) is 16.4 Å². The van der Waals surface area contributed by atoms with E-state index in [0.717, 1.165) is 0 Å². The zero-order valence-corrected chi connectivity index (χ0v) is 23.1. The van der Waals surface area contributed by atoms with Gasteiger partial charge in [0, 0.05) is 47.0 Å². The van der Waals surface area contributed by atoms with Crippen LogP contribution >= 0.6 is 0 Å². The highest BCUT2D eigenvalue weighted by atomic mass is 16.5. The molecule has 1 aliphatic heterocycles. The van der Waals surface area contributed by atoms with Crippen LogP contribution in [-0.4, -0.2) is 36.6 Å². The van der Waals surface area contributed by atoms with Crippen molar-refractivity contribution in [3.05, 3.63) is 93.2 Å². The Bertz CT molecular complexity index is 2110. The lowest BCUT2D eigenvalue weighted by Crippen LogP contribution is -2.05. The van der Waals surface area contributed by atoms with Gasteiger partial charge in [0.25, 0.3) is 0 Å². The van der Waals surface area contributed by atoms with Gasteiger partial charge in [0.05, 0.1) is 26.9 Å². The van der Waals surface area contributed by atoms with E-state index < -0.39 is 10.9 Å². The Balaban J connectivity index is 1.61. The van der Waals surface area contributed by atoms with Gasteiger partial charge in [-0.05, 0) is 42.5 Å². The van der Waals surface area contributed by atoms with Crippen molar-refractivity contribution in [2.75, 3.05) is 21.3 Å². The maximum Gasteiger partial charge on any atom is 0.197 e. The van der Waals surface area contributed by atoms with Crippen LogP contribution in [0.4, 0.5) is 0 Å². The fourth-order valence-electron chi connectivity index (χ4n) is 5.00. The molecule has 0 atom stereocenters. The summed E-state index contributed by atoms with van der Waals surface area (Å²) in [5.74, 6) is 0.599. The van der Waals surface area contributed by atoms with Gasteiger partial charge in [-0.3, -0.25) is 9.59 Å². The molecule has 3 aromatic carbocycles. The highest BCUT2D eigenvalue weighted by Gasteiger charge is 2.24. The third kappa shape index (κ3) is 4.64. The zero-order chi connectivity index (χ0) is 30.4. The topological polar surface area (TPSA) is 149 Å². The Labute approximate surface area is 243 Å². The molecule has 2 aliphatic rings. The number of aromatic hydroxyl groups is 3. The van der Waals surface area contributed by atoms with Crippen molar-refractivity contribution in [2.24, 2.45) is 0 Å². The van der Waals surface area contributed by atoms with Crippen LogP contribution < -0.4 is 25.1 Å². The van der Waals surface area contributed by atoms with Crippen LogP contribution in [0.2, 0.25) is 0 Å². The second-order valence-electron chi connectivity index (χ2n) is 9.61. The van der Waals surface area contributed by atoms with Gasteiger partial charge >= 0.3 is 0 Å².